The molecule has 0 atom stereocenters. The van der Waals surface area contributed by atoms with E-state index < -0.39 is 28.5 Å². The van der Waals surface area contributed by atoms with Gasteiger partial charge in [0.15, 0.2) is 11.7 Å². The van der Waals surface area contributed by atoms with Gasteiger partial charge in [-0.1, -0.05) is 23.2 Å². The van der Waals surface area contributed by atoms with Crippen LogP contribution < -0.4 is 5.32 Å². The first-order valence-electron chi connectivity index (χ1n) is 8.64. The molecule has 1 aromatic heterocycles. The topological polar surface area (TPSA) is 115 Å². The molecule has 13 heteroatoms. The van der Waals surface area contributed by atoms with E-state index >= 15 is 0 Å². The number of sulfonamides is 1. The number of halogens is 2. The number of carbonyl (C=O) groups excluding carboxylic acids is 2. The van der Waals surface area contributed by atoms with Crippen LogP contribution in [0.4, 0.5) is 5.13 Å². The largest absolute Gasteiger partial charge is 0.452 e. The number of thiazole rings is 1. The number of benzene rings is 1. The third kappa shape index (κ3) is 5.29. The zero-order valence-electron chi connectivity index (χ0n) is 15.7. The van der Waals surface area contributed by atoms with Gasteiger partial charge in [-0.2, -0.15) is 4.31 Å². The molecule has 0 spiro atoms. The number of nitrogens with one attached hydrogen (secondary N) is 1. The molecule has 1 fully saturated rings. The Bertz CT molecular complexity index is 1070. The molecular formula is C17H17Cl2N3O6S2. The Morgan fingerprint density at radius 1 is 1.27 bits per heavy atom. The minimum Gasteiger partial charge on any atom is -0.452 e. The van der Waals surface area contributed by atoms with Crippen LogP contribution in [0.1, 0.15) is 16.1 Å². The molecule has 1 aliphatic rings. The van der Waals surface area contributed by atoms with Gasteiger partial charge in [-0.15, -0.1) is 11.3 Å². The maximum Gasteiger partial charge on any atom is 0.340 e. The molecular weight excluding hydrogens is 477 g/mol. The van der Waals surface area contributed by atoms with E-state index in [2.05, 4.69) is 10.3 Å². The maximum atomic E-state index is 12.9. The van der Waals surface area contributed by atoms with Crippen LogP contribution in [-0.2, 0) is 24.3 Å². The summed E-state index contributed by atoms with van der Waals surface area (Å²) in [5.41, 5.74) is 0.528. The molecule has 162 valence electrons. The van der Waals surface area contributed by atoms with Crippen LogP contribution in [-0.4, -0.2) is 62.5 Å². The fourth-order valence-electron chi connectivity index (χ4n) is 2.58. The third-order valence-corrected chi connectivity index (χ3v) is 7.58. The van der Waals surface area contributed by atoms with E-state index in [1.165, 1.54) is 15.6 Å². The number of nitrogens with zero attached hydrogens (tertiary/aromatic N) is 2. The molecule has 30 heavy (non-hydrogen) atoms. The van der Waals surface area contributed by atoms with Crippen LogP contribution in [0.2, 0.25) is 10.0 Å². The number of ether oxygens (including phenoxy) is 2. The van der Waals surface area contributed by atoms with Crippen molar-refractivity contribution in [2.24, 2.45) is 0 Å². The number of esters is 1. The number of rotatable bonds is 6. The standard InChI is InChI=1S/C17H17Cl2N3O6S2/c1-10-9-29-17(20-10)21-15(23)8-28-16(24)11-6-14(13(19)7-12(11)18)30(25,26)22-2-4-27-5-3-22/h6-7,9H,2-5,8H2,1H3,(H,20,21,23). The molecule has 0 radical (unpaired) electrons. The summed E-state index contributed by atoms with van der Waals surface area (Å²) in [5.74, 6) is -1.55. The summed E-state index contributed by atoms with van der Waals surface area (Å²) >= 11 is 13.4. The fraction of sp³-hybridized carbons (Fsp3) is 0.353. The highest BCUT2D eigenvalue weighted by Gasteiger charge is 2.30. The monoisotopic (exact) mass is 493 g/mol. The van der Waals surface area contributed by atoms with Crippen molar-refractivity contribution >= 4 is 61.6 Å². The zero-order chi connectivity index (χ0) is 21.9. The van der Waals surface area contributed by atoms with Crippen molar-refractivity contribution in [1.82, 2.24) is 9.29 Å². The van der Waals surface area contributed by atoms with Crippen LogP contribution in [0.15, 0.2) is 22.4 Å². The number of morpholine rings is 1. The quantitative estimate of drug-likeness (QED) is 0.614. The van der Waals surface area contributed by atoms with Crippen molar-refractivity contribution in [1.29, 1.82) is 0 Å². The molecule has 0 saturated carbocycles. The van der Waals surface area contributed by atoms with Crippen LogP contribution in [0, 0.1) is 6.92 Å². The molecule has 1 saturated heterocycles. The van der Waals surface area contributed by atoms with E-state index in [4.69, 9.17) is 32.7 Å². The van der Waals surface area contributed by atoms with Gasteiger partial charge >= 0.3 is 5.97 Å². The van der Waals surface area contributed by atoms with Gasteiger partial charge in [0.05, 0.1) is 34.5 Å². The van der Waals surface area contributed by atoms with Crippen molar-refractivity contribution in [2.75, 3.05) is 38.2 Å². The average molecular weight is 494 g/mol. The SMILES string of the molecule is Cc1csc(NC(=O)COC(=O)c2cc(S(=O)(=O)N3CCOCC3)c(Cl)cc2Cl)n1. The number of hydrogen-bond acceptors (Lipinski definition) is 8. The number of aromatic nitrogens is 1. The Morgan fingerprint density at radius 3 is 2.60 bits per heavy atom. The third-order valence-electron chi connectivity index (χ3n) is 4.03. The lowest BCUT2D eigenvalue weighted by Crippen LogP contribution is -2.40. The molecule has 0 unspecified atom stereocenters. The number of anilines is 1. The van der Waals surface area contributed by atoms with E-state index in [1.54, 1.807) is 12.3 Å². The first kappa shape index (κ1) is 22.9. The highest BCUT2D eigenvalue weighted by Crippen LogP contribution is 2.31. The van der Waals surface area contributed by atoms with Crippen LogP contribution in [0.3, 0.4) is 0 Å². The highest BCUT2D eigenvalue weighted by molar-refractivity contribution is 7.89. The smallest absolute Gasteiger partial charge is 0.340 e. The van der Waals surface area contributed by atoms with Gasteiger partial charge in [-0.25, -0.2) is 18.2 Å². The second kappa shape index (κ2) is 9.58. The Kier molecular flexibility index (Phi) is 7.32. The summed E-state index contributed by atoms with van der Waals surface area (Å²) in [4.78, 5) is 28.2. The first-order chi connectivity index (χ1) is 14.2. The van der Waals surface area contributed by atoms with E-state index in [9.17, 15) is 18.0 Å². The van der Waals surface area contributed by atoms with Crippen molar-refractivity contribution < 1.29 is 27.5 Å². The predicted molar refractivity (Wildman–Crippen MR) is 112 cm³/mol. The van der Waals surface area contributed by atoms with Gasteiger partial charge in [0.25, 0.3) is 5.91 Å². The minimum atomic E-state index is -3.97. The number of aryl methyl sites for hydroxylation is 1. The van der Waals surface area contributed by atoms with Gasteiger partial charge in [-0.3, -0.25) is 10.1 Å². The lowest BCUT2D eigenvalue weighted by Gasteiger charge is -2.26. The van der Waals surface area contributed by atoms with Crippen LogP contribution >= 0.6 is 34.5 Å². The second-order valence-corrected chi connectivity index (χ2v) is 9.78. The Labute approximate surface area is 186 Å². The molecule has 1 N–H and O–H groups in total. The molecule has 1 aromatic carbocycles. The lowest BCUT2D eigenvalue weighted by molar-refractivity contribution is -0.119. The van der Waals surface area contributed by atoms with Gasteiger partial charge in [0.2, 0.25) is 10.0 Å². The van der Waals surface area contributed by atoms with Crippen LogP contribution in [0.25, 0.3) is 0 Å². The normalized spacial score (nSPS) is 15.0. The van der Waals surface area contributed by atoms with E-state index in [-0.39, 0.29) is 46.8 Å². The number of hydrogen-bond donors (Lipinski definition) is 1. The van der Waals surface area contributed by atoms with E-state index in [1.807, 2.05) is 0 Å². The predicted octanol–water partition coefficient (Wildman–Crippen LogP) is 2.57. The van der Waals surface area contributed by atoms with Crippen molar-refractivity contribution in [2.45, 2.75) is 11.8 Å². The summed E-state index contributed by atoms with van der Waals surface area (Å²) in [5, 5.41) is 4.40. The Hall–Kier alpha value is -1.76. The van der Waals surface area contributed by atoms with Crippen molar-refractivity contribution in [3.63, 3.8) is 0 Å². The molecule has 0 bridgehead atoms. The van der Waals surface area contributed by atoms with Gasteiger partial charge in [0.1, 0.15) is 4.90 Å². The first-order valence-corrected chi connectivity index (χ1v) is 11.7. The zero-order valence-corrected chi connectivity index (χ0v) is 18.8. The maximum absolute atomic E-state index is 12.9. The second-order valence-electron chi connectivity index (χ2n) is 6.20. The molecule has 1 aliphatic heterocycles. The van der Waals surface area contributed by atoms with E-state index in [0.717, 1.165) is 17.8 Å². The summed E-state index contributed by atoms with van der Waals surface area (Å²) in [6.07, 6.45) is 0. The highest BCUT2D eigenvalue weighted by atomic mass is 35.5. The molecule has 3 rings (SSSR count). The van der Waals surface area contributed by atoms with E-state index in [0.29, 0.717) is 5.13 Å². The van der Waals surface area contributed by atoms with Crippen molar-refractivity contribution in [3.05, 3.63) is 38.8 Å². The molecule has 9 nitrogen and oxygen atoms in total. The van der Waals surface area contributed by atoms with Crippen molar-refractivity contribution in [3.8, 4) is 0 Å². The number of amides is 1. The number of carbonyl (C=O) groups is 2. The van der Waals surface area contributed by atoms with Gasteiger partial charge < -0.3 is 9.47 Å². The molecule has 2 aromatic rings. The fourth-order valence-corrected chi connectivity index (χ4v) is 5.52. The lowest BCUT2D eigenvalue weighted by atomic mass is 10.2. The summed E-state index contributed by atoms with van der Waals surface area (Å²) in [7, 11) is -3.97. The average Bonchev–Trinajstić information content (AvgIpc) is 3.11. The van der Waals surface area contributed by atoms with Gasteiger partial charge in [-0.05, 0) is 19.1 Å². The van der Waals surface area contributed by atoms with Crippen LogP contribution in [0.5, 0.6) is 0 Å². The Balaban J connectivity index is 1.74. The van der Waals surface area contributed by atoms with Gasteiger partial charge in [0, 0.05) is 18.5 Å². The summed E-state index contributed by atoms with van der Waals surface area (Å²) < 4.78 is 37.1. The molecule has 1 amide bonds. The molecule has 0 aliphatic carbocycles. The Morgan fingerprint density at radius 2 is 1.97 bits per heavy atom. The minimum absolute atomic E-state index is 0.0955. The summed E-state index contributed by atoms with van der Waals surface area (Å²) in [6, 6.07) is 2.21. The molecule has 2 heterocycles. The summed E-state index contributed by atoms with van der Waals surface area (Å²) in [6.45, 7) is 2.02.